The average Bonchev–Trinajstić information content (AvgIpc) is 2.37. The third-order valence-corrected chi connectivity index (χ3v) is 3.15. The summed E-state index contributed by atoms with van der Waals surface area (Å²) in [5, 5.41) is 8.83. The highest BCUT2D eigenvalue weighted by Gasteiger charge is 2.12. The highest BCUT2D eigenvalue weighted by Crippen LogP contribution is 2.22. The minimum absolute atomic E-state index is 0.0520. The Hall–Kier alpha value is -2.01. The summed E-state index contributed by atoms with van der Waals surface area (Å²) in [6, 6.07) is 3.31. The monoisotopic (exact) mass is 297 g/mol. The van der Waals surface area contributed by atoms with Crippen LogP contribution in [0.5, 0.6) is 0 Å². The van der Waals surface area contributed by atoms with E-state index in [1.54, 1.807) is 6.92 Å². The molecule has 0 fully saturated rings. The Morgan fingerprint density at radius 3 is 2.65 bits per heavy atom. The molecular weight excluding hydrogens is 288 g/mol. The number of hydrogen-bond donors (Lipinski definition) is 1. The molecule has 20 heavy (non-hydrogen) atoms. The zero-order valence-electron chi connectivity index (χ0n) is 10.5. The largest absolute Gasteiger partial charge is 0.478 e. The lowest BCUT2D eigenvalue weighted by Crippen LogP contribution is -2.04. The Morgan fingerprint density at radius 2 is 2.00 bits per heavy atom. The molecule has 1 N–H and O–H groups in total. The van der Waals surface area contributed by atoms with Crippen molar-refractivity contribution in [1.29, 1.82) is 0 Å². The van der Waals surface area contributed by atoms with Crippen molar-refractivity contribution < 1.29 is 18.7 Å². The molecule has 6 heteroatoms. The van der Waals surface area contributed by atoms with Crippen molar-refractivity contribution in [2.24, 2.45) is 0 Å². The van der Waals surface area contributed by atoms with Crippen molar-refractivity contribution in [2.45, 2.75) is 13.3 Å². The number of carbonyl (C=O) groups is 1. The lowest BCUT2D eigenvalue weighted by Gasteiger charge is -2.07. The van der Waals surface area contributed by atoms with E-state index in [1.165, 1.54) is 18.3 Å². The van der Waals surface area contributed by atoms with Gasteiger partial charge in [0.15, 0.2) is 0 Å². The summed E-state index contributed by atoms with van der Waals surface area (Å²) in [4.78, 5) is 15.0. The van der Waals surface area contributed by atoms with Crippen LogP contribution in [0.15, 0.2) is 24.4 Å². The van der Waals surface area contributed by atoms with Crippen LogP contribution in [0.4, 0.5) is 8.78 Å². The first-order valence-corrected chi connectivity index (χ1v) is 6.08. The molecule has 0 radical (unpaired) electrons. The summed E-state index contributed by atoms with van der Waals surface area (Å²) in [5.41, 5.74) is 1.11. The third-order valence-electron chi connectivity index (χ3n) is 2.86. The fourth-order valence-corrected chi connectivity index (χ4v) is 1.99. The van der Waals surface area contributed by atoms with Crippen LogP contribution in [0.3, 0.4) is 0 Å². The van der Waals surface area contributed by atoms with Gasteiger partial charge in [-0.05, 0) is 30.2 Å². The van der Waals surface area contributed by atoms with Gasteiger partial charge in [0.05, 0.1) is 16.3 Å². The van der Waals surface area contributed by atoms with Crippen molar-refractivity contribution in [3.63, 3.8) is 0 Å². The second-order valence-corrected chi connectivity index (χ2v) is 4.72. The molecule has 0 amide bonds. The number of carboxylic acids is 1. The molecule has 0 aliphatic carbocycles. The number of aromatic carboxylic acids is 1. The fourth-order valence-electron chi connectivity index (χ4n) is 1.81. The highest BCUT2D eigenvalue weighted by molar-refractivity contribution is 6.30. The summed E-state index contributed by atoms with van der Waals surface area (Å²) < 4.78 is 26.7. The molecule has 1 heterocycles. The molecule has 0 bridgehead atoms. The van der Waals surface area contributed by atoms with Crippen molar-refractivity contribution in [3.05, 3.63) is 63.4 Å². The number of halogens is 3. The fraction of sp³-hybridized carbons (Fsp3) is 0.143. The Balaban J connectivity index is 2.38. The van der Waals surface area contributed by atoms with E-state index in [0.717, 1.165) is 0 Å². The lowest BCUT2D eigenvalue weighted by atomic mass is 10.0. The Morgan fingerprint density at radius 1 is 1.30 bits per heavy atom. The summed E-state index contributed by atoms with van der Waals surface area (Å²) in [6.07, 6.45) is 1.54. The molecule has 104 valence electrons. The SMILES string of the molecule is Cc1ncc(Cc2cc(Cl)c(F)cc2F)cc1C(=O)O. The maximum atomic E-state index is 13.6. The molecule has 3 nitrogen and oxygen atoms in total. The molecule has 0 saturated heterocycles. The maximum Gasteiger partial charge on any atom is 0.337 e. The van der Waals surface area contributed by atoms with E-state index in [4.69, 9.17) is 16.7 Å². The summed E-state index contributed by atoms with van der Waals surface area (Å²) in [6.45, 7) is 1.57. The first-order valence-electron chi connectivity index (χ1n) is 5.70. The average molecular weight is 298 g/mol. The number of benzene rings is 1. The molecule has 1 aromatic carbocycles. The number of rotatable bonds is 3. The van der Waals surface area contributed by atoms with E-state index in [-0.39, 0.29) is 22.6 Å². The first-order chi connectivity index (χ1) is 9.38. The zero-order chi connectivity index (χ0) is 14.9. The minimum Gasteiger partial charge on any atom is -0.478 e. The van der Waals surface area contributed by atoms with Crippen molar-refractivity contribution >= 4 is 17.6 Å². The standard InChI is InChI=1S/C14H10ClF2NO2/c1-7-10(14(19)20)3-8(6-18-7)2-9-4-11(15)13(17)5-12(9)16/h3-6H,2H2,1H3,(H,19,20). The van der Waals surface area contributed by atoms with Crippen LogP contribution in [0.25, 0.3) is 0 Å². The molecule has 0 unspecified atom stereocenters. The normalized spacial score (nSPS) is 10.6. The number of pyridine rings is 1. The molecule has 0 spiro atoms. The predicted octanol–water partition coefficient (Wildman–Crippen LogP) is 3.61. The quantitative estimate of drug-likeness (QED) is 0.881. The molecule has 0 saturated carbocycles. The second kappa shape index (κ2) is 5.54. The van der Waals surface area contributed by atoms with Crippen LogP contribution in [0, 0.1) is 18.6 Å². The maximum absolute atomic E-state index is 13.6. The van der Waals surface area contributed by atoms with E-state index >= 15 is 0 Å². The highest BCUT2D eigenvalue weighted by atomic mass is 35.5. The minimum atomic E-state index is -1.10. The van der Waals surface area contributed by atoms with E-state index in [0.29, 0.717) is 17.3 Å². The van der Waals surface area contributed by atoms with E-state index < -0.39 is 17.6 Å². The molecule has 1 aromatic heterocycles. The van der Waals surface area contributed by atoms with Crippen LogP contribution in [0.2, 0.25) is 5.02 Å². The van der Waals surface area contributed by atoms with Crippen molar-refractivity contribution in [2.75, 3.05) is 0 Å². The molecule has 2 rings (SSSR count). The summed E-state index contributed by atoms with van der Waals surface area (Å²) in [7, 11) is 0. The number of aryl methyl sites for hydroxylation is 1. The van der Waals surface area contributed by atoms with Crippen LogP contribution in [-0.4, -0.2) is 16.1 Å². The molecular formula is C14H10ClF2NO2. The number of nitrogens with zero attached hydrogens (tertiary/aromatic N) is 1. The van der Waals surface area contributed by atoms with Gasteiger partial charge in [-0.15, -0.1) is 0 Å². The van der Waals surface area contributed by atoms with Crippen LogP contribution in [-0.2, 0) is 6.42 Å². The van der Waals surface area contributed by atoms with Gasteiger partial charge >= 0.3 is 5.97 Å². The molecule has 0 atom stereocenters. The lowest BCUT2D eigenvalue weighted by molar-refractivity contribution is 0.0695. The molecule has 0 aliphatic heterocycles. The van der Waals surface area contributed by atoms with E-state index in [2.05, 4.69) is 4.98 Å². The first kappa shape index (κ1) is 14.4. The third kappa shape index (κ3) is 2.93. The van der Waals surface area contributed by atoms with Gasteiger partial charge in [0.1, 0.15) is 11.6 Å². The van der Waals surface area contributed by atoms with Gasteiger partial charge in [-0.3, -0.25) is 4.98 Å². The predicted molar refractivity (Wildman–Crippen MR) is 70.1 cm³/mol. The van der Waals surface area contributed by atoms with Gasteiger partial charge in [0, 0.05) is 18.7 Å². The number of carboxylic acid groups (broad SMARTS) is 1. The number of aromatic nitrogens is 1. The zero-order valence-corrected chi connectivity index (χ0v) is 11.2. The molecule has 0 aliphatic rings. The van der Waals surface area contributed by atoms with Crippen molar-refractivity contribution in [3.8, 4) is 0 Å². The summed E-state index contributed by atoms with van der Waals surface area (Å²) in [5.74, 6) is -2.67. The topological polar surface area (TPSA) is 50.2 Å². The second-order valence-electron chi connectivity index (χ2n) is 4.32. The van der Waals surface area contributed by atoms with Gasteiger partial charge in [0.25, 0.3) is 0 Å². The van der Waals surface area contributed by atoms with E-state index in [1.807, 2.05) is 0 Å². The van der Waals surface area contributed by atoms with Gasteiger partial charge < -0.3 is 5.11 Å². The van der Waals surface area contributed by atoms with Gasteiger partial charge in [-0.2, -0.15) is 0 Å². The van der Waals surface area contributed by atoms with Gasteiger partial charge in [-0.1, -0.05) is 11.6 Å². The van der Waals surface area contributed by atoms with Crippen molar-refractivity contribution in [1.82, 2.24) is 4.98 Å². The number of hydrogen-bond acceptors (Lipinski definition) is 2. The summed E-state index contributed by atoms with van der Waals surface area (Å²) >= 11 is 5.61. The molecule has 2 aromatic rings. The van der Waals surface area contributed by atoms with E-state index in [9.17, 15) is 13.6 Å². The Kier molecular flexibility index (Phi) is 3.99. The Labute approximate surface area is 118 Å². The van der Waals surface area contributed by atoms with Crippen LogP contribution in [0.1, 0.15) is 27.2 Å². The van der Waals surface area contributed by atoms with Crippen LogP contribution < -0.4 is 0 Å². The Bertz CT molecular complexity index is 689. The smallest absolute Gasteiger partial charge is 0.337 e. The van der Waals surface area contributed by atoms with Gasteiger partial charge in [0.2, 0.25) is 0 Å². The van der Waals surface area contributed by atoms with Crippen LogP contribution >= 0.6 is 11.6 Å². The van der Waals surface area contributed by atoms with Gasteiger partial charge in [-0.25, -0.2) is 13.6 Å².